The van der Waals surface area contributed by atoms with Crippen molar-refractivity contribution >= 4 is 5.91 Å². The van der Waals surface area contributed by atoms with E-state index in [1.54, 1.807) is 0 Å². The van der Waals surface area contributed by atoms with Crippen LogP contribution in [0.15, 0.2) is 0 Å². The number of fused-ring (bicyclic) bond motifs is 1. The molecule has 0 aliphatic carbocycles. The van der Waals surface area contributed by atoms with Gasteiger partial charge in [0.25, 0.3) is 0 Å². The molecular weight excluding hydrogens is 204 g/mol. The molecule has 1 N–H and O–H groups in total. The van der Waals surface area contributed by atoms with Crippen LogP contribution in [0.4, 0.5) is 0 Å². The third-order valence-electron chi connectivity index (χ3n) is 3.17. The van der Waals surface area contributed by atoms with E-state index in [0.717, 1.165) is 37.5 Å². The number of carbonyl (C=O) groups excluding carboxylic acids is 1. The summed E-state index contributed by atoms with van der Waals surface area (Å²) in [5.74, 6) is 2.09. The maximum atomic E-state index is 11.6. The second-order valence-electron chi connectivity index (χ2n) is 4.31. The van der Waals surface area contributed by atoms with Crippen LogP contribution < -0.4 is 5.32 Å². The van der Waals surface area contributed by atoms with Crippen LogP contribution in [0.2, 0.25) is 0 Å². The highest BCUT2D eigenvalue weighted by molar-refractivity contribution is 5.78. The number of hydrogen-bond acceptors (Lipinski definition) is 3. The lowest BCUT2D eigenvalue weighted by atomic mass is 10.1. The fraction of sp³-hybridized carbons (Fsp3) is 0.727. The predicted octanol–water partition coefficient (Wildman–Crippen LogP) is 0.887. The molecule has 0 spiro atoms. The molecule has 2 rings (SSSR count). The van der Waals surface area contributed by atoms with E-state index < -0.39 is 0 Å². The Kier molecular flexibility index (Phi) is 3.22. The van der Waals surface area contributed by atoms with Crippen molar-refractivity contribution in [2.24, 2.45) is 5.92 Å². The Labute approximate surface area is 95.2 Å². The number of nitrogens with one attached hydrogen (secondary N) is 1. The molecule has 1 amide bonds. The summed E-state index contributed by atoms with van der Waals surface area (Å²) < 4.78 is 2.11. The maximum absolute atomic E-state index is 11.6. The van der Waals surface area contributed by atoms with Crippen molar-refractivity contribution in [3.05, 3.63) is 11.6 Å². The molecule has 0 saturated carbocycles. The zero-order valence-corrected chi connectivity index (χ0v) is 9.86. The summed E-state index contributed by atoms with van der Waals surface area (Å²) in [7, 11) is 0. The highest BCUT2D eigenvalue weighted by atomic mass is 16.1. The first-order valence-corrected chi connectivity index (χ1v) is 5.91. The molecule has 5 heteroatoms. The average Bonchev–Trinajstić information content (AvgIpc) is 2.87. The summed E-state index contributed by atoms with van der Waals surface area (Å²) in [6.45, 7) is 5.43. The van der Waals surface area contributed by atoms with Crippen LogP contribution in [0, 0.1) is 5.92 Å². The number of rotatable bonds is 4. The van der Waals surface area contributed by atoms with Gasteiger partial charge >= 0.3 is 0 Å². The minimum absolute atomic E-state index is 0.0703. The van der Waals surface area contributed by atoms with E-state index >= 15 is 0 Å². The van der Waals surface area contributed by atoms with E-state index in [0.29, 0.717) is 6.54 Å². The van der Waals surface area contributed by atoms with Crippen LogP contribution in [0.5, 0.6) is 0 Å². The van der Waals surface area contributed by atoms with Crippen LogP contribution in [0.3, 0.4) is 0 Å². The van der Waals surface area contributed by atoms with Gasteiger partial charge in [0.15, 0.2) is 5.82 Å². The minimum Gasteiger partial charge on any atom is -0.349 e. The van der Waals surface area contributed by atoms with Crippen molar-refractivity contribution in [1.29, 1.82) is 0 Å². The molecule has 5 nitrogen and oxygen atoms in total. The van der Waals surface area contributed by atoms with Crippen LogP contribution in [0.25, 0.3) is 0 Å². The second-order valence-corrected chi connectivity index (χ2v) is 4.31. The van der Waals surface area contributed by atoms with Crippen molar-refractivity contribution in [2.75, 3.05) is 0 Å². The number of aryl methyl sites for hydroxylation is 1. The minimum atomic E-state index is 0.0703. The highest BCUT2D eigenvalue weighted by Gasteiger charge is 2.18. The largest absolute Gasteiger partial charge is 0.349 e. The second kappa shape index (κ2) is 4.63. The van der Waals surface area contributed by atoms with Gasteiger partial charge in [-0.1, -0.05) is 13.8 Å². The molecule has 2 heterocycles. The van der Waals surface area contributed by atoms with Gasteiger partial charge in [0.2, 0.25) is 5.91 Å². The topological polar surface area (TPSA) is 59.8 Å². The first kappa shape index (κ1) is 11.1. The van der Waals surface area contributed by atoms with Gasteiger partial charge in [-0.3, -0.25) is 4.79 Å². The zero-order chi connectivity index (χ0) is 11.5. The molecule has 88 valence electrons. The van der Waals surface area contributed by atoms with Gasteiger partial charge < -0.3 is 9.88 Å². The number of nitrogens with zero attached hydrogens (tertiary/aromatic N) is 3. The van der Waals surface area contributed by atoms with Crippen molar-refractivity contribution in [3.63, 3.8) is 0 Å². The lowest BCUT2D eigenvalue weighted by molar-refractivity contribution is -0.124. The Morgan fingerprint density at radius 1 is 1.56 bits per heavy atom. The average molecular weight is 222 g/mol. The standard InChI is InChI=1S/C11H18N4O/c1-3-8(2)11(16)12-7-10-14-13-9-5-4-6-15(9)10/h8H,3-7H2,1-2H3,(H,12,16)/t8-/m0/s1. The quantitative estimate of drug-likeness (QED) is 0.823. The van der Waals surface area contributed by atoms with Crippen molar-refractivity contribution in [1.82, 2.24) is 20.1 Å². The van der Waals surface area contributed by atoms with Crippen LogP contribution in [-0.4, -0.2) is 20.7 Å². The third-order valence-corrected chi connectivity index (χ3v) is 3.17. The third kappa shape index (κ3) is 2.08. The summed E-state index contributed by atoms with van der Waals surface area (Å²) in [6.07, 6.45) is 3.01. The Bertz CT molecular complexity index is 385. The van der Waals surface area contributed by atoms with Crippen LogP contribution in [-0.2, 0) is 24.3 Å². The summed E-state index contributed by atoms with van der Waals surface area (Å²) in [5.41, 5.74) is 0. The lowest BCUT2D eigenvalue weighted by Gasteiger charge is -2.09. The van der Waals surface area contributed by atoms with Crippen LogP contribution in [0.1, 0.15) is 38.3 Å². The van der Waals surface area contributed by atoms with Gasteiger partial charge in [0.1, 0.15) is 5.82 Å². The normalized spacial score (nSPS) is 15.9. The Morgan fingerprint density at radius 2 is 2.38 bits per heavy atom. The summed E-state index contributed by atoms with van der Waals surface area (Å²) >= 11 is 0. The van der Waals surface area contributed by atoms with E-state index in [4.69, 9.17) is 0 Å². The smallest absolute Gasteiger partial charge is 0.223 e. The molecular formula is C11H18N4O. The van der Waals surface area contributed by atoms with E-state index in [-0.39, 0.29) is 11.8 Å². The summed E-state index contributed by atoms with van der Waals surface area (Å²) in [6, 6.07) is 0. The number of aromatic nitrogens is 3. The van der Waals surface area contributed by atoms with Gasteiger partial charge in [0.05, 0.1) is 6.54 Å². The van der Waals surface area contributed by atoms with Gasteiger partial charge in [-0.05, 0) is 12.8 Å². The monoisotopic (exact) mass is 222 g/mol. The fourth-order valence-electron chi connectivity index (χ4n) is 1.87. The number of carbonyl (C=O) groups is 1. The molecule has 16 heavy (non-hydrogen) atoms. The van der Waals surface area contributed by atoms with E-state index in [1.807, 2.05) is 13.8 Å². The maximum Gasteiger partial charge on any atom is 0.223 e. The van der Waals surface area contributed by atoms with E-state index in [2.05, 4.69) is 20.1 Å². The number of amides is 1. The van der Waals surface area contributed by atoms with E-state index in [1.165, 1.54) is 0 Å². The molecule has 1 aliphatic heterocycles. The van der Waals surface area contributed by atoms with Crippen molar-refractivity contribution in [3.8, 4) is 0 Å². The zero-order valence-electron chi connectivity index (χ0n) is 9.86. The van der Waals surface area contributed by atoms with Gasteiger partial charge in [-0.2, -0.15) is 0 Å². The predicted molar refractivity (Wildman–Crippen MR) is 59.6 cm³/mol. The molecule has 0 aromatic carbocycles. The molecule has 1 aromatic rings. The molecule has 0 saturated heterocycles. The molecule has 1 aliphatic rings. The Hall–Kier alpha value is -1.39. The van der Waals surface area contributed by atoms with Gasteiger partial charge in [-0.15, -0.1) is 10.2 Å². The first-order chi connectivity index (χ1) is 7.72. The first-order valence-electron chi connectivity index (χ1n) is 5.91. The van der Waals surface area contributed by atoms with Crippen molar-refractivity contribution < 1.29 is 4.79 Å². The highest BCUT2D eigenvalue weighted by Crippen LogP contribution is 2.13. The number of hydrogen-bond donors (Lipinski definition) is 1. The SMILES string of the molecule is CC[C@H](C)C(=O)NCc1nnc2n1CCC2. The summed E-state index contributed by atoms with van der Waals surface area (Å²) in [5, 5.41) is 11.1. The fourth-order valence-corrected chi connectivity index (χ4v) is 1.87. The molecule has 1 atom stereocenters. The van der Waals surface area contributed by atoms with Crippen molar-refractivity contribution in [2.45, 2.75) is 46.2 Å². The Morgan fingerprint density at radius 3 is 3.12 bits per heavy atom. The molecule has 0 bridgehead atoms. The molecule has 0 fully saturated rings. The molecule has 0 radical (unpaired) electrons. The van der Waals surface area contributed by atoms with Gasteiger partial charge in [-0.25, -0.2) is 0 Å². The molecule has 0 unspecified atom stereocenters. The lowest BCUT2D eigenvalue weighted by Crippen LogP contribution is -2.29. The summed E-state index contributed by atoms with van der Waals surface area (Å²) in [4.78, 5) is 11.6. The van der Waals surface area contributed by atoms with E-state index in [9.17, 15) is 4.79 Å². The van der Waals surface area contributed by atoms with Crippen LogP contribution >= 0.6 is 0 Å². The van der Waals surface area contributed by atoms with Gasteiger partial charge in [0, 0.05) is 18.9 Å². The molecule has 1 aromatic heterocycles. The Balaban J connectivity index is 1.93.